The number of nitrogens with one attached hydrogen (secondary N) is 3. The number of piperidine rings is 2. The molecular weight excluding hydrogens is 368 g/mol. The second-order valence-electron chi connectivity index (χ2n) is 10.1. The van der Waals surface area contributed by atoms with E-state index in [9.17, 15) is 4.79 Å². The average Bonchev–Trinajstić information content (AvgIpc) is 3.37. The Labute approximate surface area is 175 Å². The molecule has 0 bridgehead atoms. The van der Waals surface area contributed by atoms with Gasteiger partial charge in [0.2, 0.25) is 5.91 Å². The minimum atomic E-state index is -0.127. The first-order valence-electron chi connectivity index (χ1n) is 11.9. The summed E-state index contributed by atoms with van der Waals surface area (Å²) in [5, 5.41) is 6.29. The van der Waals surface area contributed by atoms with Crippen molar-refractivity contribution < 1.29 is 19.8 Å². The first kappa shape index (κ1) is 21.5. The maximum absolute atomic E-state index is 11.4. The summed E-state index contributed by atoms with van der Waals surface area (Å²) in [6.07, 6.45) is 7.64. The van der Waals surface area contributed by atoms with Crippen molar-refractivity contribution in [1.29, 1.82) is 0 Å². The highest BCUT2D eigenvalue weighted by atomic mass is 16.7. The van der Waals surface area contributed by atoms with Crippen LogP contribution in [-0.4, -0.2) is 68.1 Å². The van der Waals surface area contributed by atoms with Gasteiger partial charge in [-0.3, -0.25) is 19.8 Å². The molecule has 29 heavy (non-hydrogen) atoms. The number of rotatable bonds is 6. The number of nitrogens with zero attached hydrogens (tertiary/aromatic N) is 1. The maximum Gasteiger partial charge on any atom is 0.220 e. The Hall–Kier alpha value is -0.770. The lowest BCUT2D eigenvalue weighted by atomic mass is 9.90. The lowest BCUT2D eigenvalue weighted by molar-refractivity contribution is -0.919. The van der Waals surface area contributed by atoms with Gasteiger partial charge in [0, 0.05) is 56.5 Å². The summed E-state index contributed by atoms with van der Waals surface area (Å²) in [6.45, 7) is 10.3. The van der Waals surface area contributed by atoms with Crippen LogP contribution in [0.15, 0.2) is 0 Å². The first-order valence-corrected chi connectivity index (χ1v) is 11.9. The number of hydroxylamine groups is 1. The summed E-state index contributed by atoms with van der Waals surface area (Å²) < 4.78 is 0. The summed E-state index contributed by atoms with van der Waals surface area (Å²) in [6, 6.07) is 0.564. The minimum Gasteiger partial charge on any atom is -0.369 e. The van der Waals surface area contributed by atoms with Crippen molar-refractivity contribution in [3.05, 3.63) is 0 Å². The van der Waals surface area contributed by atoms with E-state index in [1.54, 1.807) is 4.90 Å². The molecule has 1 amide bonds. The van der Waals surface area contributed by atoms with E-state index < -0.39 is 0 Å². The molecule has 4 rings (SSSR count). The number of quaternary nitrogens is 2. The molecule has 4 aliphatic rings. The Kier molecular flexibility index (Phi) is 7.09. The molecule has 7 N–H and O–H groups in total. The lowest BCUT2D eigenvalue weighted by Crippen LogP contribution is -3.15. The van der Waals surface area contributed by atoms with Crippen molar-refractivity contribution in [2.24, 2.45) is 23.5 Å². The van der Waals surface area contributed by atoms with Crippen LogP contribution in [0.2, 0.25) is 0 Å². The van der Waals surface area contributed by atoms with Gasteiger partial charge in [-0.05, 0) is 12.8 Å². The normalized spacial score (nSPS) is 40.0. The fourth-order valence-electron chi connectivity index (χ4n) is 6.05. The third-order valence-corrected chi connectivity index (χ3v) is 7.63. The van der Waals surface area contributed by atoms with Gasteiger partial charge in [-0.25, -0.2) is 0 Å². The van der Waals surface area contributed by atoms with Gasteiger partial charge in [-0.2, -0.15) is 5.48 Å². The molecule has 4 heterocycles. The molecule has 166 valence electrons. The number of primary amides is 1. The number of likely N-dealkylation sites (tertiary alicyclic amines) is 2. The van der Waals surface area contributed by atoms with Crippen LogP contribution in [-0.2, 0) is 9.63 Å². The quantitative estimate of drug-likeness (QED) is 0.348. The van der Waals surface area contributed by atoms with Gasteiger partial charge in [0.15, 0.2) is 6.23 Å². The predicted molar refractivity (Wildman–Crippen MR) is 110 cm³/mol. The molecule has 4 aliphatic heterocycles. The highest BCUT2D eigenvalue weighted by Crippen LogP contribution is 2.25. The molecule has 0 radical (unpaired) electrons. The van der Waals surface area contributed by atoms with E-state index in [2.05, 4.69) is 34.9 Å². The van der Waals surface area contributed by atoms with Crippen LogP contribution < -0.4 is 26.7 Å². The SMILES string of the molecule is CC(C)C[NH+]1CCCC1C1NC(C2CC[NH2+]C(N3CCC(C(N)=O)CC3)C2)NO1. The van der Waals surface area contributed by atoms with Crippen molar-refractivity contribution in [3.8, 4) is 0 Å². The van der Waals surface area contributed by atoms with Crippen molar-refractivity contribution in [1.82, 2.24) is 15.7 Å². The Balaban J connectivity index is 1.28. The molecule has 8 heteroatoms. The molecule has 0 saturated carbocycles. The summed E-state index contributed by atoms with van der Waals surface area (Å²) in [5.41, 5.74) is 8.85. The first-order chi connectivity index (χ1) is 14.0. The number of nitrogens with two attached hydrogens (primary N) is 2. The molecule has 4 fully saturated rings. The Morgan fingerprint density at radius 1 is 1.28 bits per heavy atom. The molecule has 0 spiro atoms. The third-order valence-electron chi connectivity index (χ3n) is 7.63. The zero-order chi connectivity index (χ0) is 20.4. The van der Waals surface area contributed by atoms with E-state index >= 15 is 0 Å². The molecule has 6 atom stereocenters. The van der Waals surface area contributed by atoms with Crippen molar-refractivity contribution in [3.63, 3.8) is 0 Å². The number of amides is 1. The summed E-state index contributed by atoms with van der Waals surface area (Å²) in [7, 11) is 0. The van der Waals surface area contributed by atoms with E-state index in [-0.39, 0.29) is 24.2 Å². The van der Waals surface area contributed by atoms with Crippen molar-refractivity contribution >= 4 is 5.91 Å². The minimum absolute atomic E-state index is 0.0701. The molecule has 4 saturated heterocycles. The number of hydrogen-bond acceptors (Lipinski definition) is 5. The van der Waals surface area contributed by atoms with Crippen LogP contribution >= 0.6 is 0 Å². The van der Waals surface area contributed by atoms with Crippen LogP contribution in [0.5, 0.6) is 0 Å². The molecule has 8 nitrogen and oxygen atoms in total. The molecule has 0 aromatic carbocycles. The zero-order valence-corrected chi connectivity index (χ0v) is 18.2. The lowest BCUT2D eigenvalue weighted by Gasteiger charge is -2.39. The van der Waals surface area contributed by atoms with Crippen LogP contribution in [0.3, 0.4) is 0 Å². The van der Waals surface area contributed by atoms with Crippen LogP contribution in [0.4, 0.5) is 0 Å². The summed E-state index contributed by atoms with van der Waals surface area (Å²) >= 11 is 0. The van der Waals surface area contributed by atoms with Gasteiger partial charge >= 0.3 is 0 Å². The van der Waals surface area contributed by atoms with E-state index in [0.29, 0.717) is 18.1 Å². The molecular formula is C21H42N6O2+2. The number of hydrogen-bond donors (Lipinski definition) is 5. The van der Waals surface area contributed by atoms with E-state index in [4.69, 9.17) is 10.6 Å². The Morgan fingerprint density at radius 3 is 2.79 bits per heavy atom. The molecule has 0 aromatic heterocycles. The molecule has 0 aliphatic carbocycles. The van der Waals surface area contributed by atoms with Gasteiger partial charge in [0.05, 0.1) is 25.8 Å². The van der Waals surface area contributed by atoms with Crippen molar-refractivity contribution in [2.45, 2.75) is 77.0 Å². The van der Waals surface area contributed by atoms with Gasteiger partial charge in [-0.1, -0.05) is 13.8 Å². The topological polar surface area (TPSA) is 101 Å². The highest BCUT2D eigenvalue weighted by molar-refractivity contribution is 5.76. The standard InChI is InChI=1S/C21H40N6O2/c1-14(2)13-27-9-3-4-17(27)21-24-20(25-29-21)16-5-8-23-18(12-16)26-10-6-15(7-11-26)19(22)28/h14-18,20-21,23-25H,3-13H2,1-2H3,(H2,22,28)/p+2. The molecule has 0 aromatic rings. The van der Waals surface area contributed by atoms with Crippen LogP contribution in [0.1, 0.15) is 52.4 Å². The third kappa shape index (κ3) is 5.11. The van der Waals surface area contributed by atoms with Crippen LogP contribution in [0, 0.1) is 17.8 Å². The highest BCUT2D eigenvalue weighted by Gasteiger charge is 2.44. The second-order valence-corrected chi connectivity index (χ2v) is 10.1. The molecule has 6 unspecified atom stereocenters. The monoisotopic (exact) mass is 410 g/mol. The van der Waals surface area contributed by atoms with Gasteiger partial charge in [0.25, 0.3) is 0 Å². The fourth-order valence-corrected chi connectivity index (χ4v) is 6.05. The summed E-state index contributed by atoms with van der Waals surface area (Å²) in [4.78, 5) is 21.8. The van der Waals surface area contributed by atoms with E-state index in [0.717, 1.165) is 44.8 Å². The maximum atomic E-state index is 11.4. The largest absolute Gasteiger partial charge is 0.369 e. The number of carbonyl (C=O) groups excluding carboxylic acids is 1. The predicted octanol–water partition coefficient (Wildman–Crippen LogP) is -2.04. The Morgan fingerprint density at radius 2 is 2.07 bits per heavy atom. The van der Waals surface area contributed by atoms with Crippen LogP contribution in [0.25, 0.3) is 0 Å². The fraction of sp³-hybridized carbons (Fsp3) is 0.952. The van der Waals surface area contributed by atoms with E-state index in [1.807, 2.05) is 0 Å². The smallest absolute Gasteiger partial charge is 0.220 e. The zero-order valence-electron chi connectivity index (χ0n) is 18.2. The van der Waals surface area contributed by atoms with Gasteiger partial charge in [-0.15, -0.1) is 0 Å². The summed E-state index contributed by atoms with van der Waals surface area (Å²) in [5.74, 6) is 1.25. The van der Waals surface area contributed by atoms with Gasteiger partial charge < -0.3 is 16.0 Å². The van der Waals surface area contributed by atoms with Gasteiger partial charge in [0.1, 0.15) is 12.2 Å². The Bertz CT molecular complexity index is 553. The average molecular weight is 411 g/mol. The number of carbonyl (C=O) groups is 1. The second kappa shape index (κ2) is 9.58. The van der Waals surface area contributed by atoms with E-state index in [1.165, 1.54) is 32.4 Å². The van der Waals surface area contributed by atoms with Crippen molar-refractivity contribution in [2.75, 3.05) is 32.7 Å².